The van der Waals surface area contributed by atoms with Crippen LogP contribution in [0.3, 0.4) is 0 Å². The Morgan fingerprint density at radius 3 is 1.50 bits per heavy atom. The minimum Gasteiger partial charge on any atom is -0.423 e. The van der Waals surface area contributed by atoms with Crippen LogP contribution < -0.4 is 0 Å². The molecule has 0 heterocycles. The minimum absolute atomic E-state index is 0.994. The fraction of sp³-hybridized carbons (Fsp3) is 1.00. The molecule has 0 amide bonds. The topological polar surface area (TPSA) is 9.23 Å². The van der Waals surface area contributed by atoms with Gasteiger partial charge in [0.15, 0.2) is 7.83 Å². The van der Waals surface area contributed by atoms with Crippen LogP contribution in [0.5, 0.6) is 0 Å². The predicted octanol–water partition coefficient (Wildman–Crippen LogP) is 2.64. The van der Waals surface area contributed by atoms with E-state index in [1.54, 1.807) is 0 Å². The van der Waals surface area contributed by atoms with Gasteiger partial charge in [-0.25, -0.2) is 0 Å². The van der Waals surface area contributed by atoms with Gasteiger partial charge in [0, 0.05) is 7.11 Å². The average Bonchev–Trinajstić information content (AvgIpc) is 1.84. The Morgan fingerprint density at radius 1 is 1.10 bits per heavy atom. The first-order valence-electron chi connectivity index (χ1n) is 3.92. The SMILES string of the molecule is CC[Si](C)(OC)[Si](C)(C)C. The van der Waals surface area contributed by atoms with Gasteiger partial charge in [-0.3, -0.25) is 0 Å². The molecule has 0 saturated carbocycles. The molecule has 0 radical (unpaired) electrons. The van der Waals surface area contributed by atoms with Crippen LogP contribution in [0.2, 0.25) is 32.2 Å². The highest BCUT2D eigenvalue weighted by Gasteiger charge is 2.40. The van der Waals surface area contributed by atoms with E-state index in [1.807, 2.05) is 7.11 Å². The highest BCUT2D eigenvalue weighted by atomic mass is 29.3. The zero-order valence-corrected chi connectivity index (χ0v) is 10.1. The zero-order chi connectivity index (χ0) is 8.41. The maximum Gasteiger partial charge on any atom is 0.175 e. The van der Waals surface area contributed by atoms with E-state index >= 15 is 0 Å². The van der Waals surface area contributed by atoms with Crippen LogP contribution in [-0.4, -0.2) is 22.5 Å². The number of hydrogen-bond acceptors (Lipinski definition) is 1. The molecule has 1 nitrogen and oxygen atoms in total. The van der Waals surface area contributed by atoms with Crippen LogP contribution in [0.1, 0.15) is 6.92 Å². The molecule has 0 aromatic carbocycles. The molecule has 1 atom stereocenters. The lowest BCUT2D eigenvalue weighted by molar-refractivity contribution is 0.414. The Labute approximate surface area is 66.7 Å². The van der Waals surface area contributed by atoms with Gasteiger partial charge in [-0.05, 0) is 12.6 Å². The third kappa shape index (κ3) is 1.94. The van der Waals surface area contributed by atoms with Crippen LogP contribution in [0.15, 0.2) is 0 Å². The standard InChI is InChI=1S/C7H20OSi2/c1-7-10(6,8-2)9(3,4)5/h7H2,1-6H3. The van der Waals surface area contributed by atoms with Crippen LogP contribution >= 0.6 is 0 Å². The second-order valence-electron chi connectivity index (χ2n) is 4.04. The monoisotopic (exact) mass is 176 g/mol. The van der Waals surface area contributed by atoms with Crippen molar-refractivity contribution in [3.8, 4) is 0 Å². The molecule has 0 N–H and O–H groups in total. The fourth-order valence-corrected chi connectivity index (χ4v) is 7.96. The van der Waals surface area contributed by atoms with Gasteiger partial charge in [-0.1, -0.05) is 26.6 Å². The Kier molecular flexibility index (Phi) is 3.32. The van der Waals surface area contributed by atoms with Crippen molar-refractivity contribution in [2.24, 2.45) is 0 Å². The molecule has 10 heavy (non-hydrogen) atoms. The highest BCUT2D eigenvalue weighted by molar-refractivity contribution is 7.38. The Balaban J connectivity index is 4.33. The summed E-state index contributed by atoms with van der Waals surface area (Å²) in [5, 5.41) is 0. The smallest absolute Gasteiger partial charge is 0.175 e. The van der Waals surface area contributed by atoms with Crippen molar-refractivity contribution in [2.75, 3.05) is 7.11 Å². The summed E-state index contributed by atoms with van der Waals surface area (Å²) in [7, 11) is -0.371. The summed E-state index contributed by atoms with van der Waals surface area (Å²) in [6, 6.07) is 1.26. The van der Waals surface area contributed by atoms with Gasteiger partial charge < -0.3 is 4.43 Å². The van der Waals surface area contributed by atoms with Gasteiger partial charge in [-0.15, -0.1) is 0 Å². The van der Waals surface area contributed by atoms with Crippen molar-refractivity contribution in [2.45, 2.75) is 39.2 Å². The van der Waals surface area contributed by atoms with Crippen molar-refractivity contribution >= 4 is 15.4 Å². The molecule has 0 aliphatic heterocycles. The summed E-state index contributed by atoms with van der Waals surface area (Å²) in [5.41, 5.74) is 0. The van der Waals surface area contributed by atoms with E-state index in [9.17, 15) is 0 Å². The maximum atomic E-state index is 5.65. The van der Waals surface area contributed by atoms with E-state index in [-0.39, 0.29) is 0 Å². The molecular formula is C7H20OSi2. The first-order valence-corrected chi connectivity index (χ1v) is 11.0. The van der Waals surface area contributed by atoms with Crippen molar-refractivity contribution in [3.63, 3.8) is 0 Å². The van der Waals surface area contributed by atoms with Gasteiger partial charge in [0.2, 0.25) is 0 Å². The Hall–Kier alpha value is 0.394. The summed E-state index contributed by atoms with van der Waals surface area (Å²) in [5.74, 6) is 0. The molecule has 0 fully saturated rings. The van der Waals surface area contributed by atoms with E-state index in [4.69, 9.17) is 4.43 Å². The molecule has 0 aromatic heterocycles. The molecule has 3 heteroatoms. The molecule has 0 saturated heterocycles. The number of hydrogen-bond donors (Lipinski definition) is 0. The second-order valence-corrected chi connectivity index (χ2v) is 19.8. The lowest BCUT2D eigenvalue weighted by Crippen LogP contribution is -2.56. The summed E-state index contributed by atoms with van der Waals surface area (Å²) in [4.78, 5) is 0. The van der Waals surface area contributed by atoms with E-state index < -0.39 is 15.4 Å². The van der Waals surface area contributed by atoms with E-state index in [2.05, 4.69) is 33.1 Å². The molecule has 62 valence electrons. The van der Waals surface area contributed by atoms with Crippen LogP contribution in [0.25, 0.3) is 0 Å². The number of rotatable bonds is 3. The molecule has 0 aliphatic carbocycles. The second kappa shape index (κ2) is 3.19. The summed E-state index contributed by atoms with van der Waals surface area (Å²) in [6.07, 6.45) is 0. The van der Waals surface area contributed by atoms with Crippen LogP contribution in [0.4, 0.5) is 0 Å². The van der Waals surface area contributed by atoms with E-state index in [1.165, 1.54) is 6.04 Å². The third-order valence-corrected chi connectivity index (χ3v) is 19.3. The summed E-state index contributed by atoms with van der Waals surface area (Å²) >= 11 is 0. The van der Waals surface area contributed by atoms with Crippen molar-refractivity contribution in [1.82, 2.24) is 0 Å². The maximum absolute atomic E-state index is 5.65. The highest BCUT2D eigenvalue weighted by Crippen LogP contribution is 2.22. The normalized spacial score (nSPS) is 18.6. The molecule has 0 rings (SSSR count). The quantitative estimate of drug-likeness (QED) is 0.601. The van der Waals surface area contributed by atoms with Gasteiger partial charge in [0.1, 0.15) is 0 Å². The summed E-state index contributed by atoms with van der Waals surface area (Å²) < 4.78 is 5.65. The van der Waals surface area contributed by atoms with Crippen LogP contribution in [-0.2, 0) is 4.43 Å². The van der Waals surface area contributed by atoms with Crippen LogP contribution in [0, 0.1) is 0 Å². The van der Waals surface area contributed by atoms with Crippen molar-refractivity contribution in [1.29, 1.82) is 0 Å². The molecule has 0 aromatic rings. The van der Waals surface area contributed by atoms with Gasteiger partial charge in [-0.2, -0.15) is 0 Å². The first-order chi connectivity index (χ1) is 4.37. The largest absolute Gasteiger partial charge is 0.423 e. The minimum atomic E-state index is -1.26. The van der Waals surface area contributed by atoms with E-state index in [0.717, 1.165) is 0 Å². The summed E-state index contributed by atoms with van der Waals surface area (Å²) in [6.45, 7) is 11.8. The predicted molar refractivity (Wildman–Crippen MR) is 52.5 cm³/mol. The van der Waals surface area contributed by atoms with E-state index in [0.29, 0.717) is 0 Å². The Morgan fingerprint density at radius 2 is 1.50 bits per heavy atom. The molecular weight excluding hydrogens is 156 g/mol. The molecule has 0 aliphatic rings. The van der Waals surface area contributed by atoms with Crippen molar-refractivity contribution in [3.05, 3.63) is 0 Å². The fourth-order valence-electron chi connectivity index (χ4n) is 0.981. The zero-order valence-electron chi connectivity index (χ0n) is 8.12. The van der Waals surface area contributed by atoms with Crippen molar-refractivity contribution < 1.29 is 4.43 Å². The average molecular weight is 176 g/mol. The lowest BCUT2D eigenvalue weighted by Gasteiger charge is -2.35. The molecule has 1 unspecified atom stereocenters. The van der Waals surface area contributed by atoms with Gasteiger partial charge in [0.05, 0.1) is 7.59 Å². The molecule has 0 spiro atoms. The molecule has 0 bridgehead atoms. The van der Waals surface area contributed by atoms with Gasteiger partial charge in [0.25, 0.3) is 0 Å². The lowest BCUT2D eigenvalue weighted by atomic mass is 11.0. The van der Waals surface area contributed by atoms with Gasteiger partial charge >= 0.3 is 0 Å². The first kappa shape index (κ1) is 10.4. The Bertz CT molecular complexity index is 103. The third-order valence-electron chi connectivity index (χ3n) is 2.71.